The number of nitrogens with one attached hydrogen (secondary N) is 1. The zero-order valence-electron chi connectivity index (χ0n) is 21.9. The van der Waals surface area contributed by atoms with E-state index in [1.54, 1.807) is 7.05 Å². The first-order valence-corrected chi connectivity index (χ1v) is 13.6. The Balaban J connectivity index is 1.44. The summed E-state index contributed by atoms with van der Waals surface area (Å²) in [4.78, 5) is 53.6. The number of ether oxygens (including phenoxy) is 2. The minimum atomic E-state index is -3.93. The maximum atomic E-state index is 15.0. The number of alkyl halides is 2. The fraction of sp³-hybridized carbons (Fsp3) is 0.500. The molecule has 0 saturated carbocycles. The Morgan fingerprint density at radius 3 is 2.68 bits per heavy atom. The summed E-state index contributed by atoms with van der Waals surface area (Å²) in [5.41, 5.74) is -1.14. The number of amides is 1. The first-order chi connectivity index (χ1) is 19.4. The quantitative estimate of drug-likeness (QED) is 0.330. The molecule has 2 saturated heterocycles. The monoisotopic (exact) mass is 599 g/mol. The lowest BCUT2D eigenvalue weighted by molar-refractivity contribution is -0.169. The van der Waals surface area contributed by atoms with Crippen molar-refractivity contribution in [3.8, 4) is 11.5 Å². The number of benzene rings is 1. The number of aliphatic carboxylic acids is 1. The SMILES string of the molecule is C[C@H](N=[P+]([O-])Oc1ccccc1OC[C@H]1O[C@@H](n2ccc(NC(=O)[C@@H]3CCCN3C)nc2=O)C(F)(F)[C@@H]1O)C(=O)O. The number of rotatable bonds is 10. The number of hydrogen-bond donors (Lipinski definition) is 3. The number of carboxylic acids is 1. The molecule has 1 unspecified atom stereocenters. The zero-order chi connectivity index (χ0) is 29.9. The number of carbonyl (C=O) groups is 2. The van der Waals surface area contributed by atoms with Crippen LogP contribution in [0.1, 0.15) is 26.0 Å². The van der Waals surface area contributed by atoms with E-state index in [2.05, 4.69) is 15.0 Å². The van der Waals surface area contributed by atoms with Crippen molar-refractivity contribution in [3.63, 3.8) is 0 Å². The van der Waals surface area contributed by atoms with Crippen molar-refractivity contribution >= 4 is 25.9 Å². The second kappa shape index (κ2) is 12.5. The highest BCUT2D eigenvalue weighted by Crippen LogP contribution is 2.43. The fourth-order valence-electron chi connectivity index (χ4n) is 4.33. The van der Waals surface area contributed by atoms with Gasteiger partial charge in [0.25, 0.3) is 0 Å². The maximum Gasteiger partial charge on any atom is 0.395 e. The topological polar surface area (TPSA) is 188 Å². The minimum absolute atomic E-state index is 0.0663. The number of carbonyl (C=O) groups excluding carboxylic acids is 1. The van der Waals surface area contributed by atoms with Crippen LogP contribution in [0.2, 0.25) is 0 Å². The Morgan fingerprint density at radius 2 is 2.05 bits per heavy atom. The number of likely N-dealkylation sites (N-methyl/N-ethyl adjacent to an activating group) is 1. The Bertz CT molecular complexity index is 1380. The zero-order valence-corrected chi connectivity index (χ0v) is 22.8. The first-order valence-electron chi connectivity index (χ1n) is 12.5. The minimum Gasteiger partial charge on any atom is -0.575 e. The van der Waals surface area contributed by atoms with Crippen LogP contribution in [0.3, 0.4) is 0 Å². The van der Waals surface area contributed by atoms with Gasteiger partial charge in [0.15, 0.2) is 17.9 Å². The number of aliphatic hydroxyl groups excluding tert-OH is 1. The summed E-state index contributed by atoms with van der Waals surface area (Å²) in [5, 5.41) is 21.7. The van der Waals surface area contributed by atoms with E-state index < -0.39 is 62.9 Å². The summed E-state index contributed by atoms with van der Waals surface area (Å²) in [5.74, 6) is -5.91. The number of anilines is 1. The number of nitrogens with zero attached hydrogens (tertiary/aromatic N) is 4. The summed E-state index contributed by atoms with van der Waals surface area (Å²) >= 11 is 0. The summed E-state index contributed by atoms with van der Waals surface area (Å²) in [7, 11) is -1.01. The molecule has 3 N–H and O–H groups in total. The van der Waals surface area contributed by atoms with Gasteiger partial charge >= 0.3 is 25.7 Å². The smallest absolute Gasteiger partial charge is 0.395 e. The molecule has 3 heterocycles. The first kappa shape index (κ1) is 30.4. The third-order valence-corrected chi connectivity index (χ3v) is 7.48. The molecule has 1 aromatic heterocycles. The van der Waals surface area contributed by atoms with Crippen LogP contribution >= 0.6 is 8.17 Å². The molecule has 0 bridgehead atoms. The highest BCUT2D eigenvalue weighted by molar-refractivity contribution is 7.34. The number of carboxylic acid groups (broad SMARTS) is 1. The molecule has 6 atom stereocenters. The number of halogens is 2. The van der Waals surface area contributed by atoms with Crippen molar-refractivity contribution in [3.05, 3.63) is 47.0 Å². The van der Waals surface area contributed by atoms with E-state index in [0.29, 0.717) is 11.0 Å². The van der Waals surface area contributed by atoms with E-state index in [1.807, 2.05) is 4.90 Å². The van der Waals surface area contributed by atoms with Crippen LogP contribution < -0.4 is 25.2 Å². The van der Waals surface area contributed by atoms with E-state index in [1.165, 1.54) is 37.3 Å². The molecular formula is C24H28F2N5O9P. The van der Waals surface area contributed by atoms with Crippen LogP contribution in [0.25, 0.3) is 0 Å². The molecule has 41 heavy (non-hydrogen) atoms. The van der Waals surface area contributed by atoms with Gasteiger partial charge in [0, 0.05) is 6.20 Å². The van der Waals surface area contributed by atoms with Crippen molar-refractivity contribution in [2.24, 2.45) is 4.74 Å². The average Bonchev–Trinajstić information content (AvgIpc) is 3.44. The molecule has 2 fully saturated rings. The van der Waals surface area contributed by atoms with Gasteiger partial charge in [-0.25, -0.2) is 9.59 Å². The number of aromatic nitrogens is 2. The summed E-state index contributed by atoms with van der Waals surface area (Å²) in [6.45, 7) is 1.32. The second-order valence-corrected chi connectivity index (χ2v) is 10.4. The lowest BCUT2D eigenvalue weighted by atomic mass is 10.1. The van der Waals surface area contributed by atoms with E-state index in [4.69, 9.17) is 19.1 Å². The van der Waals surface area contributed by atoms with Crippen molar-refractivity contribution in [2.75, 3.05) is 25.5 Å². The Hall–Kier alpha value is -3.56. The number of likely N-dealkylation sites (tertiary alicyclic amines) is 1. The molecule has 1 aromatic carbocycles. The predicted molar refractivity (Wildman–Crippen MR) is 137 cm³/mol. The van der Waals surface area contributed by atoms with Crippen molar-refractivity contribution in [1.29, 1.82) is 0 Å². The van der Waals surface area contributed by atoms with Crippen molar-refractivity contribution in [1.82, 2.24) is 14.5 Å². The molecule has 14 nitrogen and oxygen atoms in total. The molecule has 2 aliphatic heterocycles. The Labute approximate surface area is 233 Å². The van der Waals surface area contributed by atoms with Crippen LogP contribution in [0.5, 0.6) is 11.5 Å². The average molecular weight is 599 g/mol. The van der Waals surface area contributed by atoms with Gasteiger partial charge in [-0.15, -0.1) is 0 Å². The van der Waals surface area contributed by atoms with Crippen molar-refractivity contribution < 1.29 is 47.5 Å². The van der Waals surface area contributed by atoms with Gasteiger partial charge in [-0.2, -0.15) is 13.8 Å². The van der Waals surface area contributed by atoms with Crippen molar-refractivity contribution in [2.45, 2.75) is 56.2 Å². The molecule has 1 amide bonds. The summed E-state index contributed by atoms with van der Waals surface area (Å²) in [6, 6.07) is 5.18. The molecule has 222 valence electrons. The highest BCUT2D eigenvalue weighted by atomic mass is 31.1. The fourth-order valence-corrected chi connectivity index (χ4v) is 5.08. The van der Waals surface area contributed by atoms with E-state index in [9.17, 15) is 24.4 Å². The van der Waals surface area contributed by atoms with Gasteiger partial charge in [0.1, 0.15) is 18.5 Å². The molecule has 0 aliphatic carbocycles. The van der Waals surface area contributed by atoms with Crippen LogP contribution in [-0.4, -0.2) is 87.0 Å². The molecule has 2 aromatic rings. The van der Waals surface area contributed by atoms with Gasteiger partial charge in [0.2, 0.25) is 17.9 Å². The lowest BCUT2D eigenvalue weighted by Gasteiger charge is -2.21. The van der Waals surface area contributed by atoms with Gasteiger partial charge in [-0.05, 0) is 51.6 Å². The van der Waals surface area contributed by atoms with Gasteiger partial charge < -0.3 is 29.9 Å². The Morgan fingerprint density at radius 1 is 1.34 bits per heavy atom. The molecule has 0 spiro atoms. The Kier molecular flexibility index (Phi) is 9.29. The van der Waals surface area contributed by atoms with Gasteiger partial charge in [-0.1, -0.05) is 16.9 Å². The summed E-state index contributed by atoms with van der Waals surface area (Å²) < 4.78 is 50.0. The normalized spacial score (nSPS) is 25.1. The second-order valence-electron chi connectivity index (χ2n) is 9.49. The molecule has 17 heteroatoms. The number of aliphatic hydroxyl groups is 1. The van der Waals surface area contributed by atoms with Crippen LogP contribution in [0, 0.1) is 0 Å². The number of para-hydroxylation sites is 2. The number of hydrogen-bond acceptors (Lipinski definition) is 11. The third kappa shape index (κ3) is 6.85. The molecule has 0 radical (unpaired) electrons. The van der Waals surface area contributed by atoms with Gasteiger partial charge in [0.05, 0.1) is 6.04 Å². The lowest BCUT2D eigenvalue weighted by Crippen LogP contribution is -2.42. The van der Waals surface area contributed by atoms with Gasteiger partial charge in [-0.3, -0.25) is 18.8 Å². The van der Waals surface area contributed by atoms with E-state index in [-0.39, 0.29) is 23.2 Å². The van der Waals surface area contributed by atoms with Crippen LogP contribution in [0.15, 0.2) is 46.1 Å². The molecular weight excluding hydrogens is 571 g/mol. The van der Waals surface area contributed by atoms with E-state index >= 15 is 8.78 Å². The molecule has 4 rings (SSSR count). The van der Waals surface area contributed by atoms with E-state index in [0.717, 1.165) is 19.2 Å². The van der Waals surface area contributed by atoms with Crippen LogP contribution in [0.4, 0.5) is 14.6 Å². The summed E-state index contributed by atoms with van der Waals surface area (Å²) in [6.07, 6.45) is -3.76. The molecule has 2 aliphatic rings. The predicted octanol–water partition coefficient (Wildman–Crippen LogP) is 0.956. The van der Waals surface area contributed by atoms with Crippen LogP contribution in [-0.2, 0) is 14.3 Å². The highest BCUT2D eigenvalue weighted by Gasteiger charge is 2.60. The maximum absolute atomic E-state index is 15.0. The largest absolute Gasteiger partial charge is 0.575 e. The third-order valence-electron chi connectivity index (χ3n) is 6.59. The standard InChI is InChI=1S/C24H28F2N5O9P/c1-13(21(34)35)29-41(37)40-16-8-4-3-7-15(16)38-12-17-19(32)24(25,26)22(39-17)31-11-9-18(28-23(31)36)27-20(33)14-6-5-10-30(14)2/h3-4,7-9,11,13-14,17,19,22,32H,5-6,10,12H2,1-2H3,(H,34,35)(H,27,28,33,36)/t13-,14-,17+,19+,22+/m0/s1.